The van der Waals surface area contributed by atoms with Crippen LogP contribution in [0.3, 0.4) is 0 Å². The fourth-order valence-corrected chi connectivity index (χ4v) is 9.60. The minimum absolute atomic E-state index is 0.0444. The number of imide groups is 1. The number of hydrogen-bond acceptors (Lipinski definition) is 13. The minimum Gasteiger partial charge on any atom is -0.460 e. The van der Waals surface area contributed by atoms with Gasteiger partial charge in [-0.1, -0.05) is 49.8 Å². The SMILES string of the molecule is C/C=C\C(=O)N(C=O)CCCCCC(=O)NCC(=O)NCC(=O)NC(Cc1ccccc1)C(=O)NCC(=O)NCOCC(=O)NC1CCc2c(C)c(F)cc3nc4c(c1c23)Cn1c-4cc2c(c1=O)COC(=O)C2CC. The van der Waals surface area contributed by atoms with Crippen molar-refractivity contribution in [3.05, 3.63) is 110 Å². The Morgan fingerprint density at radius 1 is 0.907 bits per heavy atom. The zero-order valence-corrected chi connectivity index (χ0v) is 41.9. The maximum Gasteiger partial charge on any atom is 0.313 e. The molecule has 3 aliphatic rings. The number of rotatable bonds is 24. The van der Waals surface area contributed by atoms with E-state index in [2.05, 4.69) is 31.9 Å². The lowest BCUT2D eigenvalue weighted by Crippen LogP contribution is -2.52. The standard InChI is InChI=1S/C53H60FN9O12/c1-4-12-47(70)62(29-64)18-11-7-10-15-42(65)55-22-43(66)56-24-45(68)60-40(19-31-13-8-6-9-14-31)51(71)57-23-44(67)58-28-74-27-46(69)59-38-17-16-33-30(3)37(54)21-39-48(33)49(38)35-25-63-41(50(35)61-39)20-34-32(5-2)53(73)75-26-36(34)52(63)72/h4,6,8-9,12-14,20-21,29,32,38,40H,5,7,10-11,15-19,22-28H2,1-3H3,(H,55,65)(H,56,66)(H,57,71)(H,58,67)(H,59,69)(H,60,68)/b12-4-. The van der Waals surface area contributed by atoms with Gasteiger partial charge in [-0.2, -0.15) is 0 Å². The van der Waals surface area contributed by atoms with Crippen molar-refractivity contribution in [1.29, 1.82) is 0 Å². The molecule has 21 nitrogen and oxygen atoms in total. The number of carbonyl (C=O) groups excluding carboxylic acids is 9. The molecule has 3 atom stereocenters. The van der Waals surface area contributed by atoms with Crippen molar-refractivity contribution < 1.29 is 57.0 Å². The van der Waals surface area contributed by atoms with E-state index in [9.17, 15) is 47.9 Å². The maximum absolute atomic E-state index is 15.3. The van der Waals surface area contributed by atoms with Crippen molar-refractivity contribution in [3.8, 4) is 11.4 Å². The van der Waals surface area contributed by atoms with E-state index in [4.69, 9.17) is 14.5 Å². The molecule has 6 N–H and O–H groups in total. The van der Waals surface area contributed by atoms with Crippen LogP contribution in [0.1, 0.15) is 103 Å². The Labute approximate surface area is 430 Å². The molecule has 0 saturated heterocycles. The Morgan fingerprint density at radius 3 is 2.39 bits per heavy atom. The number of hydrogen-bond donors (Lipinski definition) is 6. The molecule has 1 aliphatic carbocycles. The molecular formula is C53H60FN9O12. The summed E-state index contributed by atoms with van der Waals surface area (Å²) in [6.07, 6.45) is 6.20. The molecular weight excluding hydrogens is 974 g/mol. The Balaban J connectivity index is 0.873. The van der Waals surface area contributed by atoms with Gasteiger partial charge in [-0.15, -0.1) is 0 Å². The molecule has 2 aromatic heterocycles. The molecule has 0 radical (unpaired) electrons. The number of nitrogens with zero attached hydrogens (tertiary/aromatic N) is 3. The summed E-state index contributed by atoms with van der Waals surface area (Å²) in [5.41, 5.74) is 5.36. The number of nitrogens with one attached hydrogen (secondary N) is 6. The smallest absolute Gasteiger partial charge is 0.313 e. The van der Waals surface area contributed by atoms with Crippen molar-refractivity contribution in [2.45, 2.75) is 103 Å². The third kappa shape index (κ3) is 13.2. The molecule has 0 spiro atoms. The predicted molar refractivity (Wildman–Crippen MR) is 268 cm³/mol. The first kappa shape index (κ1) is 54.6. The Bertz CT molecular complexity index is 3000. The molecule has 22 heteroatoms. The van der Waals surface area contributed by atoms with E-state index in [0.29, 0.717) is 101 Å². The highest BCUT2D eigenvalue weighted by Gasteiger charge is 2.38. The van der Waals surface area contributed by atoms with Gasteiger partial charge in [-0.25, -0.2) is 9.37 Å². The van der Waals surface area contributed by atoms with Crippen LogP contribution in [-0.2, 0) is 78.6 Å². The van der Waals surface area contributed by atoms with Gasteiger partial charge in [0.15, 0.2) is 0 Å². The number of allylic oxidation sites excluding steroid dienone is 1. The van der Waals surface area contributed by atoms with Gasteiger partial charge in [0, 0.05) is 36.4 Å². The van der Waals surface area contributed by atoms with Crippen molar-refractivity contribution in [2.24, 2.45) is 0 Å². The molecule has 4 aromatic rings. The van der Waals surface area contributed by atoms with E-state index in [1.54, 1.807) is 54.8 Å². The van der Waals surface area contributed by atoms with E-state index in [1.165, 1.54) is 18.2 Å². The van der Waals surface area contributed by atoms with Crippen LogP contribution in [0.5, 0.6) is 0 Å². The van der Waals surface area contributed by atoms with E-state index < -0.39 is 104 Å². The number of amides is 8. The summed E-state index contributed by atoms with van der Waals surface area (Å²) in [6, 6.07) is 10.2. The van der Waals surface area contributed by atoms with Gasteiger partial charge in [0.05, 0.1) is 60.6 Å². The van der Waals surface area contributed by atoms with Crippen molar-refractivity contribution in [1.82, 2.24) is 46.4 Å². The van der Waals surface area contributed by atoms with Crippen molar-refractivity contribution in [3.63, 3.8) is 0 Å². The van der Waals surface area contributed by atoms with E-state index in [-0.39, 0.29) is 38.1 Å². The van der Waals surface area contributed by atoms with Gasteiger partial charge in [0.1, 0.15) is 31.8 Å². The number of pyridine rings is 2. The molecule has 4 heterocycles. The zero-order valence-electron chi connectivity index (χ0n) is 41.9. The monoisotopic (exact) mass is 1030 g/mol. The minimum atomic E-state index is -1.16. The van der Waals surface area contributed by atoms with Crippen LogP contribution in [0.4, 0.5) is 4.39 Å². The Kier molecular flexibility index (Phi) is 18.4. The first-order chi connectivity index (χ1) is 36.1. The fraction of sp³-hybridized carbons (Fsp3) is 0.415. The van der Waals surface area contributed by atoms with Gasteiger partial charge in [-0.3, -0.25) is 52.8 Å². The second-order valence-corrected chi connectivity index (χ2v) is 18.4. The lowest BCUT2D eigenvalue weighted by Gasteiger charge is -2.29. The predicted octanol–water partition coefficient (Wildman–Crippen LogP) is 1.81. The number of aromatic nitrogens is 2. The highest BCUT2D eigenvalue weighted by Crippen LogP contribution is 2.45. The Morgan fingerprint density at radius 2 is 1.64 bits per heavy atom. The third-order valence-corrected chi connectivity index (χ3v) is 13.4. The van der Waals surface area contributed by atoms with Crippen LogP contribution in [0.2, 0.25) is 0 Å². The summed E-state index contributed by atoms with van der Waals surface area (Å²) >= 11 is 0. The van der Waals surface area contributed by atoms with Crippen LogP contribution >= 0.6 is 0 Å². The van der Waals surface area contributed by atoms with Crippen LogP contribution < -0.4 is 37.5 Å². The normalized spacial score (nSPS) is 15.4. The van der Waals surface area contributed by atoms with Crippen molar-refractivity contribution in [2.75, 3.05) is 39.5 Å². The number of halogens is 1. The van der Waals surface area contributed by atoms with Crippen LogP contribution in [0.25, 0.3) is 22.3 Å². The van der Waals surface area contributed by atoms with E-state index in [0.717, 1.165) is 10.5 Å². The number of aryl methyl sites for hydroxylation is 1. The number of fused-ring (bicyclic) bond motifs is 5. The molecule has 2 aromatic carbocycles. The average molecular weight is 1030 g/mol. The first-order valence-electron chi connectivity index (χ1n) is 24.9. The maximum atomic E-state index is 15.3. The Hall–Kier alpha value is -8.14. The number of cyclic esters (lactones) is 1. The molecule has 8 amide bonds. The van der Waals surface area contributed by atoms with Crippen molar-refractivity contribution >= 4 is 64.6 Å². The van der Waals surface area contributed by atoms with Gasteiger partial charge >= 0.3 is 5.97 Å². The van der Waals surface area contributed by atoms with Gasteiger partial charge in [-0.05, 0) is 85.9 Å². The lowest BCUT2D eigenvalue weighted by molar-refractivity contribution is -0.148. The summed E-state index contributed by atoms with van der Waals surface area (Å²) < 4.78 is 27.8. The largest absolute Gasteiger partial charge is 0.460 e. The number of ether oxygens (including phenoxy) is 2. The van der Waals surface area contributed by atoms with Crippen LogP contribution in [0, 0.1) is 12.7 Å². The zero-order chi connectivity index (χ0) is 53.8. The second-order valence-electron chi connectivity index (χ2n) is 18.4. The molecule has 0 saturated carbocycles. The van der Waals surface area contributed by atoms with Gasteiger partial charge in [0.2, 0.25) is 41.9 Å². The molecule has 0 fully saturated rings. The number of unbranched alkanes of at least 4 members (excludes halogenated alkanes) is 2. The summed E-state index contributed by atoms with van der Waals surface area (Å²) in [6.45, 7) is 3.11. The highest BCUT2D eigenvalue weighted by atomic mass is 19.1. The second kappa shape index (κ2) is 25.2. The van der Waals surface area contributed by atoms with Gasteiger partial charge in [0.25, 0.3) is 11.5 Å². The van der Waals surface area contributed by atoms with Gasteiger partial charge < -0.3 is 45.9 Å². The molecule has 0 bridgehead atoms. The van der Waals surface area contributed by atoms with Crippen LogP contribution in [0.15, 0.2) is 59.4 Å². The topological polar surface area (TPSA) is 282 Å². The number of esters is 1. The summed E-state index contributed by atoms with van der Waals surface area (Å²) in [5, 5.41) is 16.1. The molecule has 2 aliphatic heterocycles. The number of benzene rings is 2. The lowest BCUT2D eigenvalue weighted by atomic mass is 9.81. The summed E-state index contributed by atoms with van der Waals surface area (Å²) in [4.78, 5) is 133. The fourth-order valence-electron chi connectivity index (χ4n) is 9.60. The van der Waals surface area contributed by atoms with E-state index >= 15 is 4.39 Å². The summed E-state index contributed by atoms with van der Waals surface area (Å²) in [5.74, 6) is -5.53. The molecule has 3 unspecified atom stereocenters. The number of carbonyl (C=O) groups is 9. The molecule has 7 rings (SSSR count). The van der Waals surface area contributed by atoms with Crippen LogP contribution in [-0.4, -0.2) is 114 Å². The molecule has 396 valence electrons. The highest BCUT2D eigenvalue weighted by molar-refractivity contribution is 5.96. The quantitative estimate of drug-likeness (QED) is 0.0169. The average Bonchev–Trinajstić information content (AvgIpc) is 3.77. The molecule has 75 heavy (non-hydrogen) atoms. The third-order valence-electron chi connectivity index (χ3n) is 13.4. The summed E-state index contributed by atoms with van der Waals surface area (Å²) in [7, 11) is 0. The first-order valence-corrected chi connectivity index (χ1v) is 24.9. The van der Waals surface area contributed by atoms with E-state index in [1.807, 2.05) is 6.92 Å².